The summed E-state index contributed by atoms with van der Waals surface area (Å²) in [4.78, 5) is 14.6. The Hall–Kier alpha value is -3.12. The van der Waals surface area contributed by atoms with Gasteiger partial charge in [0.1, 0.15) is 33.4 Å². The monoisotopic (exact) mass is 658 g/mol. The van der Waals surface area contributed by atoms with Crippen molar-refractivity contribution in [2.24, 2.45) is 23.2 Å². The highest BCUT2D eigenvalue weighted by Gasteiger charge is 2.51. The molecule has 0 unspecified atom stereocenters. The molecule has 0 spiro atoms. The molecule has 4 aliphatic carbocycles. The Balaban J connectivity index is 0.000000273. The quantitative estimate of drug-likeness (QED) is 0.237. The fourth-order valence-electron chi connectivity index (χ4n) is 7.82. The minimum Gasteiger partial charge on any atom is -0.550 e. The van der Waals surface area contributed by atoms with Crippen molar-refractivity contribution < 1.29 is 24.1 Å². The molecule has 0 atom stereocenters. The van der Waals surface area contributed by atoms with Gasteiger partial charge in [-0.05, 0) is 143 Å². The van der Waals surface area contributed by atoms with Crippen molar-refractivity contribution >= 4 is 16.9 Å². The molecule has 4 saturated carbocycles. The van der Waals surface area contributed by atoms with E-state index in [9.17, 15) is 9.90 Å². The number of hydrogen-bond donors (Lipinski definition) is 0. The van der Waals surface area contributed by atoms with Gasteiger partial charge in [-0.15, -0.1) is 0 Å². The van der Waals surface area contributed by atoms with Crippen LogP contribution in [0.15, 0.2) is 87.5 Å². The summed E-state index contributed by atoms with van der Waals surface area (Å²) in [5.41, 5.74) is -1.53. The van der Waals surface area contributed by atoms with Gasteiger partial charge >= 0.3 is 0 Å². The van der Waals surface area contributed by atoms with E-state index in [1.165, 1.54) is 29.1 Å². The molecule has 7 rings (SSSR count). The van der Waals surface area contributed by atoms with Gasteiger partial charge < -0.3 is 24.1 Å². The highest BCUT2D eigenvalue weighted by atomic mass is 32.2. The van der Waals surface area contributed by atoms with Gasteiger partial charge in [0.25, 0.3) is 0 Å². The van der Waals surface area contributed by atoms with Crippen molar-refractivity contribution in [1.29, 1.82) is 0 Å². The third kappa shape index (κ3) is 9.07. The lowest BCUT2D eigenvalue weighted by atomic mass is 9.49. The third-order valence-electron chi connectivity index (χ3n) is 8.88. The maximum Gasteiger partial charge on any atom is 0.250 e. The topological polar surface area (TPSA) is 67.8 Å². The van der Waals surface area contributed by atoms with Crippen LogP contribution in [0.3, 0.4) is 0 Å². The van der Waals surface area contributed by atoms with Crippen molar-refractivity contribution in [1.82, 2.24) is 0 Å². The smallest absolute Gasteiger partial charge is 0.250 e. The van der Waals surface area contributed by atoms with E-state index in [4.69, 9.17) is 14.2 Å². The lowest BCUT2D eigenvalue weighted by Gasteiger charge is -2.57. The zero-order chi connectivity index (χ0) is 34.2. The van der Waals surface area contributed by atoms with Crippen molar-refractivity contribution in [3.8, 4) is 17.2 Å². The Kier molecular flexibility index (Phi) is 10.0. The Bertz CT molecular complexity index is 1400. The van der Waals surface area contributed by atoms with Gasteiger partial charge in [-0.25, -0.2) is 0 Å². The average Bonchev–Trinajstić information content (AvgIpc) is 2.93. The molecule has 4 bridgehead atoms. The number of hydrogen-bond acceptors (Lipinski definition) is 5. The van der Waals surface area contributed by atoms with Crippen LogP contribution in [0.25, 0.3) is 0 Å². The molecule has 0 N–H and O–H groups in total. The Labute approximate surface area is 285 Å². The molecule has 0 aromatic heterocycles. The highest BCUT2D eigenvalue weighted by molar-refractivity contribution is 7.97. The largest absolute Gasteiger partial charge is 0.550 e. The lowest BCUT2D eigenvalue weighted by Crippen LogP contribution is -2.54. The van der Waals surface area contributed by atoms with Crippen molar-refractivity contribution in [3.63, 3.8) is 0 Å². The van der Waals surface area contributed by atoms with Crippen LogP contribution in [-0.4, -0.2) is 22.8 Å². The number of rotatable bonds is 7. The van der Waals surface area contributed by atoms with Crippen LogP contribution in [0.4, 0.5) is 0 Å². The fourth-order valence-corrected chi connectivity index (χ4v) is 10.0. The first-order valence-corrected chi connectivity index (χ1v) is 18.4. The molecule has 0 saturated heterocycles. The molecule has 4 aliphatic rings. The van der Waals surface area contributed by atoms with E-state index >= 15 is 0 Å². The van der Waals surface area contributed by atoms with Crippen LogP contribution in [0, 0.1) is 23.2 Å². The minimum atomic E-state index is -0.758. The van der Waals surface area contributed by atoms with Gasteiger partial charge in [-0.3, -0.25) is 0 Å². The Morgan fingerprint density at radius 2 is 1.00 bits per heavy atom. The van der Waals surface area contributed by atoms with Crippen LogP contribution in [0.5, 0.6) is 17.2 Å². The van der Waals surface area contributed by atoms with E-state index < -0.39 is 33.5 Å². The van der Waals surface area contributed by atoms with Gasteiger partial charge in [0, 0.05) is 23.5 Å². The zero-order valence-corrected chi connectivity index (χ0v) is 30.7. The van der Waals surface area contributed by atoms with Crippen molar-refractivity contribution in [2.75, 3.05) is 0 Å². The SMILES string of the molecule is CC(C)(C)Oc1cc(OC(C)(C)C)c([S+](c2ccccc2)c2ccccc2)c(OC(C)(C)C)c1.O=C([O-])C12CC3CC(CC(C3)C1)C2. The van der Waals surface area contributed by atoms with Crippen LogP contribution in [0.1, 0.15) is 101 Å². The molecular formula is C41H54O5S. The average molecular weight is 659 g/mol. The molecule has 3 aromatic rings. The molecule has 0 aliphatic heterocycles. The van der Waals surface area contributed by atoms with Gasteiger partial charge in [0.2, 0.25) is 4.90 Å². The lowest BCUT2D eigenvalue weighted by molar-refractivity contribution is -0.327. The summed E-state index contributed by atoms with van der Waals surface area (Å²) < 4.78 is 19.5. The van der Waals surface area contributed by atoms with Crippen molar-refractivity contribution in [3.05, 3.63) is 72.8 Å². The summed E-state index contributed by atoms with van der Waals surface area (Å²) in [6.45, 7) is 18.6. The fraction of sp³-hybridized carbons (Fsp3) is 0.537. The summed E-state index contributed by atoms with van der Waals surface area (Å²) >= 11 is 0. The molecule has 3 aromatic carbocycles. The van der Waals surface area contributed by atoms with Crippen LogP contribution >= 0.6 is 0 Å². The zero-order valence-electron chi connectivity index (χ0n) is 29.9. The molecule has 5 nitrogen and oxygen atoms in total. The van der Waals surface area contributed by atoms with Crippen LogP contribution in [-0.2, 0) is 15.7 Å². The van der Waals surface area contributed by atoms with Crippen LogP contribution < -0.4 is 19.3 Å². The molecule has 254 valence electrons. The highest BCUT2D eigenvalue weighted by Crippen LogP contribution is 2.59. The first kappa shape index (κ1) is 35.2. The normalized spacial score (nSPS) is 23.6. The first-order valence-electron chi connectivity index (χ1n) is 17.2. The number of carbonyl (C=O) groups excluding carboxylic acids is 1. The molecule has 47 heavy (non-hydrogen) atoms. The third-order valence-corrected chi connectivity index (χ3v) is 11.2. The summed E-state index contributed by atoms with van der Waals surface area (Å²) in [6.07, 6.45) is 6.65. The summed E-state index contributed by atoms with van der Waals surface area (Å²) in [5, 5.41) is 11.1. The summed E-state index contributed by atoms with van der Waals surface area (Å²) in [5.74, 6) is 3.68. The second-order valence-electron chi connectivity index (χ2n) is 16.8. The number of benzene rings is 3. The van der Waals surface area contributed by atoms with Crippen LogP contribution in [0.2, 0.25) is 0 Å². The van der Waals surface area contributed by atoms with Gasteiger partial charge in [-0.2, -0.15) is 0 Å². The molecule has 0 heterocycles. The predicted molar refractivity (Wildman–Crippen MR) is 188 cm³/mol. The molecular weight excluding hydrogens is 605 g/mol. The molecule has 0 radical (unpaired) electrons. The number of carboxylic acids is 1. The van der Waals surface area contributed by atoms with E-state index in [0.717, 1.165) is 41.4 Å². The van der Waals surface area contributed by atoms with Crippen molar-refractivity contribution in [2.45, 2.75) is 132 Å². The van der Waals surface area contributed by atoms with E-state index in [-0.39, 0.29) is 5.60 Å². The predicted octanol–water partition coefficient (Wildman–Crippen LogP) is 9.27. The standard InChI is InChI=1S/C30H39O3S.C11H16O2/c1-28(2,3)31-22-20-25(32-29(4,5)6)27(26(21-22)33-30(7,8)9)34(23-16-12-10-13-17-23)24-18-14-11-15-19-24;12-10(13)11-4-7-1-8(5-11)3-9(2-7)6-11/h10-21H,1-9H3;7-9H,1-6H2,(H,12,13)/q+1;/p-1. The summed E-state index contributed by atoms with van der Waals surface area (Å²) in [7, 11) is -0.444. The maximum atomic E-state index is 11.1. The van der Waals surface area contributed by atoms with Gasteiger partial charge in [0.05, 0.1) is 0 Å². The van der Waals surface area contributed by atoms with E-state index in [1.54, 1.807) is 0 Å². The van der Waals surface area contributed by atoms with E-state index in [2.05, 4.69) is 102 Å². The number of carbonyl (C=O) groups is 1. The maximum absolute atomic E-state index is 11.1. The van der Waals surface area contributed by atoms with Gasteiger partial charge in [0.15, 0.2) is 21.3 Å². The number of carboxylic acid groups (broad SMARTS) is 1. The minimum absolute atomic E-state index is 0.347. The summed E-state index contributed by atoms with van der Waals surface area (Å²) in [6, 6.07) is 25.2. The molecule has 4 fully saturated rings. The number of ether oxygens (including phenoxy) is 3. The Morgan fingerprint density at radius 1 is 0.638 bits per heavy atom. The van der Waals surface area contributed by atoms with Gasteiger partial charge in [-0.1, -0.05) is 36.4 Å². The van der Waals surface area contributed by atoms with E-state index in [1.807, 2.05) is 32.9 Å². The second-order valence-corrected chi connectivity index (χ2v) is 18.8. The number of aliphatic carboxylic acids is 1. The van der Waals surface area contributed by atoms with E-state index in [0.29, 0.717) is 17.8 Å². The second kappa shape index (κ2) is 13.4. The Morgan fingerprint density at radius 3 is 1.32 bits per heavy atom. The molecule has 6 heteroatoms. The molecule has 0 amide bonds. The first-order chi connectivity index (χ1) is 21.9.